The van der Waals surface area contributed by atoms with Crippen LogP contribution in [0.15, 0.2) is 48.5 Å². The largest absolute Gasteiger partial charge is 0.497 e. The number of carbonyl (C=O) groups excluding carboxylic acids is 3. The van der Waals surface area contributed by atoms with E-state index in [2.05, 4.69) is 10.6 Å². The van der Waals surface area contributed by atoms with Gasteiger partial charge < -0.3 is 34.9 Å². The lowest BCUT2D eigenvalue weighted by molar-refractivity contribution is -0.148. The summed E-state index contributed by atoms with van der Waals surface area (Å²) >= 11 is 0. The van der Waals surface area contributed by atoms with Crippen LogP contribution >= 0.6 is 0 Å². The van der Waals surface area contributed by atoms with Crippen LogP contribution in [0.4, 0.5) is 11.4 Å². The van der Waals surface area contributed by atoms with Crippen LogP contribution in [-0.2, 0) is 19.1 Å². The number of amides is 3. The molecule has 2 unspecified atom stereocenters. The number of carbonyl (C=O) groups is 3. The maximum atomic E-state index is 14.5. The molecule has 6 atom stereocenters. The van der Waals surface area contributed by atoms with Crippen LogP contribution < -0.4 is 20.1 Å². The lowest BCUT2D eigenvalue weighted by Crippen LogP contribution is -2.56. The first-order chi connectivity index (χ1) is 20.6. The van der Waals surface area contributed by atoms with Crippen molar-refractivity contribution in [2.45, 2.75) is 76.7 Å². The van der Waals surface area contributed by atoms with E-state index in [0.29, 0.717) is 55.2 Å². The second-order valence-corrected chi connectivity index (χ2v) is 12.2. The first-order valence-electron chi connectivity index (χ1n) is 15.2. The third-order valence-corrected chi connectivity index (χ3v) is 9.29. The number of nitrogens with zero attached hydrogens (tertiary/aromatic N) is 1. The monoisotopic (exact) mass is 593 g/mol. The molecule has 10 heteroatoms. The quantitative estimate of drug-likeness (QED) is 0.336. The first-order valence-corrected chi connectivity index (χ1v) is 15.2. The number of nitrogens with one attached hydrogen (secondary N) is 2. The Morgan fingerprint density at radius 3 is 2.14 bits per heavy atom. The molecule has 3 heterocycles. The highest BCUT2D eigenvalue weighted by Gasteiger charge is 2.79. The van der Waals surface area contributed by atoms with Gasteiger partial charge >= 0.3 is 0 Å². The fraction of sp³-hybridized carbons (Fsp3) is 0.545. The van der Waals surface area contributed by atoms with Gasteiger partial charge in [-0.25, -0.2) is 0 Å². The summed E-state index contributed by atoms with van der Waals surface area (Å²) < 4.78 is 17.6. The topological polar surface area (TPSA) is 126 Å². The molecule has 1 spiro atoms. The van der Waals surface area contributed by atoms with E-state index in [-0.39, 0.29) is 24.3 Å². The lowest BCUT2D eigenvalue weighted by atomic mass is 9.65. The van der Waals surface area contributed by atoms with Crippen LogP contribution in [0, 0.1) is 17.8 Å². The molecule has 3 aliphatic heterocycles. The maximum Gasteiger partial charge on any atom is 0.250 e. The molecule has 3 amide bonds. The van der Waals surface area contributed by atoms with Crippen LogP contribution in [-0.4, -0.2) is 71.3 Å². The minimum atomic E-state index is -1.20. The smallest absolute Gasteiger partial charge is 0.250 e. The highest BCUT2D eigenvalue weighted by atomic mass is 16.5. The van der Waals surface area contributed by atoms with Crippen LogP contribution in [0.5, 0.6) is 11.5 Å². The van der Waals surface area contributed by atoms with Gasteiger partial charge in [0.05, 0.1) is 43.8 Å². The Hall–Kier alpha value is -3.63. The van der Waals surface area contributed by atoms with Gasteiger partial charge in [-0.05, 0) is 87.1 Å². The van der Waals surface area contributed by atoms with Crippen molar-refractivity contribution in [3.8, 4) is 11.5 Å². The minimum Gasteiger partial charge on any atom is -0.497 e. The number of aliphatic hydroxyl groups excluding tert-OH is 1. The van der Waals surface area contributed by atoms with E-state index in [9.17, 15) is 19.5 Å². The molecule has 2 bridgehead atoms. The van der Waals surface area contributed by atoms with Crippen molar-refractivity contribution in [1.82, 2.24) is 4.90 Å². The Morgan fingerprint density at radius 1 is 1.00 bits per heavy atom. The molecule has 0 aliphatic carbocycles. The van der Waals surface area contributed by atoms with Crippen molar-refractivity contribution < 1.29 is 33.7 Å². The summed E-state index contributed by atoms with van der Waals surface area (Å²) in [6.45, 7) is 8.11. The number of hydrogen-bond donors (Lipinski definition) is 3. The number of likely N-dealkylation sites (tertiary alicyclic amines) is 1. The van der Waals surface area contributed by atoms with E-state index < -0.39 is 41.0 Å². The number of fused-ring (bicyclic) bond motifs is 1. The van der Waals surface area contributed by atoms with Gasteiger partial charge in [-0.2, -0.15) is 0 Å². The minimum absolute atomic E-state index is 0.158. The number of rotatable bonds is 12. The number of anilines is 2. The Bertz CT molecular complexity index is 1330. The SMILES string of the molecule is CCOc1ccc(NC(=O)[C@@H]2[C@H]3C(=O)N([C@@H](CO)CC(C)C)C(C(=O)Nc4ccc(OC)cc4)C34CC[C@@]2(CC)O4)cc1. The van der Waals surface area contributed by atoms with E-state index >= 15 is 0 Å². The molecule has 3 saturated heterocycles. The average Bonchev–Trinajstić information content (AvgIpc) is 3.61. The number of aliphatic hydroxyl groups is 1. The zero-order valence-corrected chi connectivity index (χ0v) is 25.6. The second-order valence-electron chi connectivity index (χ2n) is 12.2. The van der Waals surface area contributed by atoms with Gasteiger partial charge in [0.25, 0.3) is 0 Å². The Labute approximate surface area is 253 Å². The molecule has 0 aromatic heterocycles. The van der Waals surface area contributed by atoms with Crippen molar-refractivity contribution >= 4 is 29.1 Å². The fourth-order valence-corrected chi connectivity index (χ4v) is 7.47. The Balaban J connectivity index is 1.51. The fourth-order valence-electron chi connectivity index (χ4n) is 7.47. The summed E-state index contributed by atoms with van der Waals surface area (Å²) in [4.78, 5) is 44.3. The summed E-state index contributed by atoms with van der Waals surface area (Å²) in [5, 5.41) is 16.5. The highest BCUT2D eigenvalue weighted by Crippen LogP contribution is 2.64. The van der Waals surface area contributed by atoms with Crippen LogP contribution in [0.25, 0.3) is 0 Å². The molecule has 2 aromatic rings. The van der Waals surface area contributed by atoms with E-state index in [1.165, 1.54) is 4.90 Å². The molecule has 3 aliphatic rings. The van der Waals surface area contributed by atoms with Gasteiger partial charge in [0.1, 0.15) is 23.1 Å². The van der Waals surface area contributed by atoms with Gasteiger partial charge in [-0.1, -0.05) is 20.8 Å². The Kier molecular flexibility index (Phi) is 8.72. The first kappa shape index (κ1) is 30.8. The van der Waals surface area contributed by atoms with E-state index in [1.54, 1.807) is 55.6 Å². The maximum absolute atomic E-state index is 14.5. The molecule has 0 radical (unpaired) electrons. The van der Waals surface area contributed by atoms with E-state index in [0.717, 1.165) is 0 Å². The van der Waals surface area contributed by atoms with Crippen LogP contribution in [0.2, 0.25) is 0 Å². The summed E-state index contributed by atoms with van der Waals surface area (Å²) in [7, 11) is 1.57. The van der Waals surface area contributed by atoms with Crippen molar-refractivity contribution in [2.75, 3.05) is 31.0 Å². The molecule has 5 rings (SSSR count). The standard InChI is InChI=1S/C33H43N3O7/c1-6-32-16-17-33(43-32)27(26(32)29(38)34-21-10-14-25(15-11-21)42-7-2)31(40)36(23(19-37)18-20(3)4)28(33)30(39)35-22-8-12-24(41-5)13-9-22/h8-15,20,23,26-28,37H,6-7,16-19H2,1-5H3,(H,34,38)(H,35,39)/t23-,26+,27+,28?,32-,33?/m1/s1. The molecule has 3 fully saturated rings. The van der Waals surface area contributed by atoms with E-state index in [1.807, 2.05) is 27.7 Å². The third-order valence-electron chi connectivity index (χ3n) is 9.29. The van der Waals surface area contributed by atoms with Crippen LogP contribution in [0.1, 0.15) is 53.4 Å². The van der Waals surface area contributed by atoms with Gasteiger partial charge in [0.2, 0.25) is 17.7 Å². The normalized spacial score (nSPS) is 28.1. The van der Waals surface area contributed by atoms with E-state index in [4.69, 9.17) is 14.2 Å². The Morgan fingerprint density at radius 2 is 1.60 bits per heavy atom. The van der Waals surface area contributed by atoms with Crippen molar-refractivity contribution in [3.63, 3.8) is 0 Å². The zero-order chi connectivity index (χ0) is 30.9. The van der Waals surface area contributed by atoms with Gasteiger partial charge in [-0.3, -0.25) is 14.4 Å². The van der Waals surface area contributed by atoms with Crippen molar-refractivity contribution in [2.24, 2.45) is 17.8 Å². The number of methoxy groups -OCH3 is 1. The molecule has 232 valence electrons. The average molecular weight is 594 g/mol. The second kappa shape index (κ2) is 12.2. The van der Waals surface area contributed by atoms with Gasteiger partial charge in [0, 0.05) is 11.4 Å². The summed E-state index contributed by atoms with van der Waals surface area (Å²) in [5.41, 5.74) is -0.951. The van der Waals surface area contributed by atoms with Gasteiger partial charge in [-0.15, -0.1) is 0 Å². The van der Waals surface area contributed by atoms with Gasteiger partial charge in [0.15, 0.2) is 0 Å². The van der Waals surface area contributed by atoms with Crippen LogP contribution in [0.3, 0.4) is 0 Å². The summed E-state index contributed by atoms with van der Waals surface area (Å²) in [6, 6.07) is 12.4. The highest BCUT2D eigenvalue weighted by molar-refractivity contribution is 6.05. The zero-order valence-electron chi connectivity index (χ0n) is 25.6. The summed E-state index contributed by atoms with van der Waals surface area (Å²) in [5.74, 6) is -1.20. The molecule has 10 nitrogen and oxygen atoms in total. The predicted molar refractivity (Wildman–Crippen MR) is 162 cm³/mol. The predicted octanol–water partition coefficient (Wildman–Crippen LogP) is 4.23. The molecule has 0 saturated carbocycles. The molecule has 43 heavy (non-hydrogen) atoms. The lowest BCUT2D eigenvalue weighted by Gasteiger charge is -2.37. The third kappa shape index (κ3) is 5.35. The summed E-state index contributed by atoms with van der Waals surface area (Å²) in [6.07, 6.45) is 2.02. The molecule has 2 aromatic carbocycles. The molecular weight excluding hydrogens is 550 g/mol. The molecule has 3 N–H and O–H groups in total. The number of benzene rings is 2. The van der Waals surface area contributed by atoms with Crippen molar-refractivity contribution in [3.05, 3.63) is 48.5 Å². The van der Waals surface area contributed by atoms with Crippen molar-refractivity contribution in [1.29, 1.82) is 0 Å². The number of hydrogen-bond acceptors (Lipinski definition) is 7. The number of ether oxygens (including phenoxy) is 3. The molecular formula is C33H43N3O7.